The number of nitrogens with two attached hydrogens (primary N) is 2. The highest BCUT2D eigenvalue weighted by molar-refractivity contribution is 7.81. The van der Waals surface area contributed by atoms with Crippen molar-refractivity contribution in [2.24, 2.45) is 11.5 Å². The molecule has 0 aliphatic rings. The van der Waals surface area contributed by atoms with Gasteiger partial charge in [0, 0.05) is 4.75 Å². The Bertz CT molecular complexity index is 256. The second-order valence-electron chi connectivity index (χ2n) is 3.93. The maximum absolute atomic E-state index is 10.2. The van der Waals surface area contributed by atoms with E-state index in [9.17, 15) is 9.59 Å². The second-order valence-corrected chi connectivity index (χ2v) is 5.53. The summed E-state index contributed by atoms with van der Waals surface area (Å²) in [5.41, 5.74) is 10.3. The molecule has 2 unspecified atom stereocenters. The highest BCUT2D eigenvalue weighted by Gasteiger charge is 2.27. The van der Waals surface area contributed by atoms with Crippen LogP contribution < -0.4 is 11.5 Å². The third-order valence-corrected chi connectivity index (χ3v) is 2.32. The Morgan fingerprint density at radius 2 is 1.65 bits per heavy atom. The smallest absolute Gasteiger partial charge is 0.321 e. The van der Waals surface area contributed by atoms with Gasteiger partial charge in [-0.15, -0.1) is 0 Å². The quantitative estimate of drug-likeness (QED) is 0.389. The minimum absolute atomic E-state index is 0.429. The van der Waals surface area contributed by atoms with E-state index in [1.165, 1.54) is 0 Å². The van der Waals surface area contributed by atoms with Crippen LogP contribution in [0.25, 0.3) is 0 Å². The van der Waals surface area contributed by atoms with Crippen molar-refractivity contribution in [1.29, 1.82) is 0 Å². The lowest BCUT2D eigenvalue weighted by Gasteiger charge is -2.21. The summed E-state index contributed by atoms with van der Waals surface area (Å²) in [7, 11) is 0. The van der Waals surface area contributed by atoms with Crippen LogP contribution in [0.1, 0.15) is 20.3 Å². The minimum atomic E-state index is -1.02. The molecule has 0 aromatic heterocycles. The van der Waals surface area contributed by atoms with Gasteiger partial charge in [-0.05, 0) is 26.0 Å². The Balaban J connectivity index is 0. The summed E-state index contributed by atoms with van der Waals surface area (Å²) in [4.78, 5) is 20.1. The molecule has 6 N–H and O–H groups in total. The molecule has 0 amide bonds. The van der Waals surface area contributed by atoms with E-state index in [1.807, 2.05) is 0 Å². The Hall–Kier alpha value is -0.440. The van der Waals surface area contributed by atoms with Gasteiger partial charge in [0.2, 0.25) is 0 Å². The molecule has 0 rings (SSSR count). The van der Waals surface area contributed by atoms with E-state index in [-0.39, 0.29) is 0 Å². The van der Waals surface area contributed by atoms with Crippen molar-refractivity contribution in [2.45, 2.75) is 37.1 Å². The van der Waals surface area contributed by atoms with Crippen molar-refractivity contribution in [3.05, 3.63) is 0 Å². The monoisotopic (exact) mass is 284 g/mol. The van der Waals surface area contributed by atoms with Crippen LogP contribution in [0.15, 0.2) is 0 Å². The molecular formula is C9H20N2O4S2. The zero-order valence-electron chi connectivity index (χ0n) is 9.83. The highest BCUT2D eigenvalue weighted by Crippen LogP contribution is 2.15. The SMILES string of the molecule is CC(C)(S)C(N)C(=O)O.NC(CCS)C(=O)O. The number of thiol groups is 2. The Morgan fingerprint density at radius 3 is 1.71 bits per heavy atom. The molecule has 0 heterocycles. The Labute approximate surface area is 112 Å². The van der Waals surface area contributed by atoms with Gasteiger partial charge in [0.25, 0.3) is 0 Å². The molecule has 0 aliphatic carbocycles. The van der Waals surface area contributed by atoms with Gasteiger partial charge in [0.1, 0.15) is 12.1 Å². The fourth-order valence-corrected chi connectivity index (χ4v) is 0.953. The third kappa shape index (κ3) is 10.4. The standard InChI is InChI=1S/C5H11NO2S.C4H9NO2S/c1-5(2,9)3(6)4(7)8;5-3(1-2-8)4(6)7/h3,9H,6H2,1-2H3,(H,7,8);3,8H,1-2,5H2,(H,6,7). The number of hydrogen-bond donors (Lipinski definition) is 6. The summed E-state index contributed by atoms with van der Waals surface area (Å²) in [6.45, 7) is 3.32. The van der Waals surface area contributed by atoms with Crippen LogP contribution in [0.3, 0.4) is 0 Å². The van der Waals surface area contributed by atoms with Crippen LogP contribution in [0, 0.1) is 0 Å². The first-order chi connectivity index (χ1) is 7.53. The average Bonchev–Trinajstić information content (AvgIpc) is 2.16. The molecule has 0 spiro atoms. The number of carboxylic acids is 2. The molecule has 0 aromatic carbocycles. The first-order valence-electron chi connectivity index (χ1n) is 4.84. The van der Waals surface area contributed by atoms with E-state index in [2.05, 4.69) is 25.3 Å². The summed E-state index contributed by atoms with van der Waals surface area (Å²) >= 11 is 7.79. The van der Waals surface area contributed by atoms with Crippen LogP contribution >= 0.6 is 25.3 Å². The van der Waals surface area contributed by atoms with Gasteiger partial charge in [-0.2, -0.15) is 25.3 Å². The predicted octanol–water partition coefficient (Wildman–Crippen LogP) is -0.175. The van der Waals surface area contributed by atoms with E-state index >= 15 is 0 Å². The van der Waals surface area contributed by atoms with E-state index in [0.717, 1.165) is 0 Å². The van der Waals surface area contributed by atoms with Crippen molar-refractivity contribution in [3.8, 4) is 0 Å². The number of rotatable bonds is 5. The van der Waals surface area contributed by atoms with Crippen LogP contribution in [-0.4, -0.2) is 44.7 Å². The lowest BCUT2D eigenvalue weighted by atomic mass is 10.1. The first kappa shape index (κ1) is 18.9. The van der Waals surface area contributed by atoms with E-state index < -0.39 is 28.8 Å². The Kier molecular flexibility index (Phi) is 9.59. The lowest BCUT2D eigenvalue weighted by Crippen LogP contribution is -2.45. The lowest BCUT2D eigenvalue weighted by molar-refractivity contribution is -0.139. The van der Waals surface area contributed by atoms with Gasteiger partial charge in [0.05, 0.1) is 0 Å². The molecule has 17 heavy (non-hydrogen) atoms. The van der Waals surface area contributed by atoms with Crippen LogP contribution in [0.2, 0.25) is 0 Å². The van der Waals surface area contributed by atoms with Crippen molar-refractivity contribution in [2.75, 3.05) is 5.75 Å². The van der Waals surface area contributed by atoms with Gasteiger partial charge in [-0.1, -0.05) is 0 Å². The molecule has 102 valence electrons. The topological polar surface area (TPSA) is 127 Å². The van der Waals surface area contributed by atoms with Gasteiger partial charge in [0.15, 0.2) is 0 Å². The fourth-order valence-electron chi connectivity index (χ4n) is 0.565. The van der Waals surface area contributed by atoms with E-state index in [4.69, 9.17) is 21.7 Å². The minimum Gasteiger partial charge on any atom is -0.480 e. The van der Waals surface area contributed by atoms with E-state index in [1.54, 1.807) is 13.8 Å². The molecule has 0 bridgehead atoms. The molecule has 0 aromatic rings. The molecule has 0 fully saturated rings. The second kappa shape index (κ2) is 8.62. The number of aliphatic carboxylic acids is 2. The van der Waals surface area contributed by atoms with Gasteiger partial charge in [-0.25, -0.2) is 0 Å². The van der Waals surface area contributed by atoms with E-state index in [0.29, 0.717) is 12.2 Å². The predicted molar refractivity (Wildman–Crippen MR) is 72.8 cm³/mol. The van der Waals surface area contributed by atoms with Gasteiger partial charge in [-0.3, -0.25) is 9.59 Å². The number of carboxylic acid groups (broad SMARTS) is 2. The van der Waals surface area contributed by atoms with Crippen molar-refractivity contribution < 1.29 is 19.8 Å². The Morgan fingerprint density at radius 1 is 1.24 bits per heavy atom. The molecule has 0 aliphatic heterocycles. The molecule has 8 heteroatoms. The average molecular weight is 284 g/mol. The summed E-state index contributed by atoms with van der Waals surface area (Å²) in [6, 6.07) is -1.65. The molecule has 2 atom stereocenters. The van der Waals surface area contributed by atoms with Crippen molar-refractivity contribution in [3.63, 3.8) is 0 Å². The fraction of sp³-hybridized carbons (Fsp3) is 0.778. The number of carbonyl (C=O) groups is 2. The van der Waals surface area contributed by atoms with Crippen LogP contribution in [0.4, 0.5) is 0 Å². The molecule has 0 radical (unpaired) electrons. The molecular weight excluding hydrogens is 264 g/mol. The third-order valence-electron chi connectivity index (χ3n) is 1.78. The summed E-state index contributed by atoms with van der Waals surface area (Å²) in [5, 5.41) is 16.5. The van der Waals surface area contributed by atoms with Gasteiger partial charge >= 0.3 is 11.9 Å². The summed E-state index contributed by atoms with van der Waals surface area (Å²) in [6.07, 6.45) is 0.429. The molecule has 6 nitrogen and oxygen atoms in total. The normalized spacial score (nSPS) is 14.2. The summed E-state index contributed by atoms with van der Waals surface area (Å²) < 4.78 is -0.647. The van der Waals surface area contributed by atoms with Gasteiger partial charge < -0.3 is 21.7 Å². The van der Waals surface area contributed by atoms with Crippen molar-refractivity contribution >= 4 is 37.2 Å². The zero-order valence-corrected chi connectivity index (χ0v) is 11.6. The maximum atomic E-state index is 10.2. The van der Waals surface area contributed by atoms with Crippen LogP contribution in [-0.2, 0) is 9.59 Å². The highest BCUT2D eigenvalue weighted by atomic mass is 32.1. The number of hydrogen-bond acceptors (Lipinski definition) is 6. The first-order valence-corrected chi connectivity index (χ1v) is 5.92. The van der Waals surface area contributed by atoms with Crippen LogP contribution in [0.5, 0.6) is 0 Å². The zero-order chi connectivity index (χ0) is 14.2. The molecule has 0 saturated heterocycles. The maximum Gasteiger partial charge on any atom is 0.321 e. The molecule has 0 saturated carbocycles. The van der Waals surface area contributed by atoms with Crippen molar-refractivity contribution in [1.82, 2.24) is 0 Å². The summed E-state index contributed by atoms with van der Waals surface area (Å²) in [5.74, 6) is -1.46. The largest absolute Gasteiger partial charge is 0.480 e.